The quantitative estimate of drug-likeness (QED) is 0.440. The van der Waals surface area contributed by atoms with Crippen LogP contribution in [0, 0.1) is 17.3 Å². The molecule has 2 fully saturated rings. The first-order valence-electron chi connectivity index (χ1n) is 12.6. The number of fused-ring (bicyclic) bond motifs is 6. The highest BCUT2D eigenvalue weighted by Gasteiger charge is 2.54. The molecule has 184 valence electrons. The Kier molecular flexibility index (Phi) is 5.30. The summed E-state index contributed by atoms with van der Waals surface area (Å²) in [6, 6.07) is 15.1. The van der Waals surface area contributed by atoms with Crippen molar-refractivity contribution < 1.29 is 22.8 Å². The second-order valence-electron chi connectivity index (χ2n) is 10.9. The van der Waals surface area contributed by atoms with E-state index in [9.17, 15) is 18.1 Å². The van der Waals surface area contributed by atoms with Crippen LogP contribution in [0.15, 0.2) is 53.4 Å². The topological polar surface area (TPSA) is 83.8 Å². The van der Waals surface area contributed by atoms with Gasteiger partial charge in [0, 0.05) is 16.5 Å². The number of benzene rings is 3. The number of aliphatic hydroxyl groups excluding tert-OH is 1. The van der Waals surface area contributed by atoms with Crippen LogP contribution < -0.4 is 4.74 Å². The number of rotatable bonds is 3. The van der Waals surface area contributed by atoms with Gasteiger partial charge in [-0.2, -0.15) is 8.42 Å². The van der Waals surface area contributed by atoms with E-state index in [1.54, 1.807) is 25.3 Å². The van der Waals surface area contributed by atoms with E-state index in [-0.39, 0.29) is 16.4 Å². The average molecular weight is 493 g/mol. The van der Waals surface area contributed by atoms with Gasteiger partial charge < -0.3 is 9.84 Å². The van der Waals surface area contributed by atoms with Crippen molar-refractivity contribution in [2.45, 2.75) is 62.4 Å². The molecule has 3 aliphatic carbocycles. The van der Waals surface area contributed by atoms with Gasteiger partial charge in [-0.15, -0.1) is 0 Å². The maximum absolute atomic E-state index is 12.6. The molecule has 3 aliphatic rings. The summed E-state index contributed by atoms with van der Waals surface area (Å²) in [5, 5.41) is 11.9. The molecular formula is C29H32O5S. The van der Waals surface area contributed by atoms with Crippen molar-refractivity contribution >= 4 is 20.9 Å². The van der Waals surface area contributed by atoms with E-state index in [0.717, 1.165) is 43.9 Å². The lowest BCUT2D eigenvalue weighted by Gasteiger charge is -2.50. The van der Waals surface area contributed by atoms with Crippen molar-refractivity contribution in [2.24, 2.45) is 17.3 Å². The molecule has 2 N–H and O–H groups in total. The van der Waals surface area contributed by atoms with Gasteiger partial charge in [0.05, 0.1) is 13.2 Å². The van der Waals surface area contributed by atoms with Crippen molar-refractivity contribution in [2.75, 3.05) is 7.11 Å². The zero-order chi connectivity index (χ0) is 24.5. The molecule has 0 amide bonds. The molecule has 0 spiro atoms. The van der Waals surface area contributed by atoms with E-state index in [1.165, 1.54) is 11.1 Å². The summed E-state index contributed by atoms with van der Waals surface area (Å²) in [5.74, 6) is 2.16. The van der Waals surface area contributed by atoms with Crippen molar-refractivity contribution in [3.63, 3.8) is 0 Å². The SMILES string of the molecule is COc1cc2c(cc1-c1ccc3ccccc3c1S(=O)(=O)O)CCC1C2CC[C@@]2(C)C1CC[C@@H]2O. The molecule has 6 rings (SSSR count). The van der Waals surface area contributed by atoms with Crippen LogP contribution in [0.1, 0.15) is 56.1 Å². The molecule has 3 aromatic carbocycles. The molecule has 3 aromatic rings. The smallest absolute Gasteiger partial charge is 0.295 e. The lowest BCUT2D eigenvalue weighted by atomic mass is 9.55. The zero-order valence-corrected chi connectivity index (χ0v) is 21.0. The fraction of sp³-hybridized carbons (Fsp3) is 0.448. The van der Waals surface area contributed by atoms with Gasteiger partial charge in [-0.25, -0.2) is 0 Å². The summed E-state index contributed by atoms with van der Waals surface area (Å²) in [6.45, 7) is 2.28. The molecule has 0 aromatic heterocycles. The highest BCUT2D eigenvalue weighted by Crippen LogP contribution is 2.61. The molecule has 0 radical (unpaired) electrons. The van der Waals surface area contributed by atoms with Crippen molar-refractivity contribution in [3.8, 4) is 16.9 Å². The maximum atomic E-state index is 12.6. The van der Waals surface area contributed by atoms with E-state index in [1.807, 2.05) is 18.2 Å². The van der Waals surface area contributed by atoms with Crippen molar-refractivity contribution in [1.29, 1.82) is 0 Å². The van der Waals surface area contributed by atoms with E-state index >= 15 is 0 Å². The lowest BCUT2D eigenvalue weighted by molar-refractivity contribution is -0.0226. The van der Waals surface area contributed by atoms with Crippen LogP contribution in [0.25, 0.3) is 21.9 Å². The van der Waals surface area contributed by atoms with Crippen molar-refractivity contribution in [3.05, 3.63) is 59.7 Å². The molecule has 35 heavy (non-hydrogen) atoms. The largest absolute Gasteiger partial charge is 0.496 e. The zero-order valence-electron chi connectivity index (χ0n) is 20.2. The second kappa shape index (κ2) is 8.05. The summed E-state index contributed by atoms with van der Waals surface area (Å²) in [7, 11) is -2.86. The molecule has 6 heteroatoms. The first kappa shape index (κ1) is 23.0. The molecule has 0 aliphatic heterocycles. The van der Waals surface area contributed by atoms with Gasteiger partial charge in [0.15, 0.2) is 0 Å². The van der Waals surface area contributed by atoms with Gasteiger partial charge in [0.1, 0.15) is 10.6 Å². The molecular weight excluding hydrogens is 460 g/mol. The predicted molar refractivity (Wildman–Crippen MR) is 136 cm³/mol. The van der Waals surface area contributed by atoms with Crippen LogP contribution in [0.3, 0.4) is 0 Å². The number of methoxy groups -OCH3 is 1. The Morgan fingerprint density at radius 1 is 1.00 bits per heavy atom. The third kappa shape index (κ3) is 3.45. The van der Waals surface area contributed by atoms with Gasteiger partial charge in [0.2, 0.25) is 0 Å². The fourth-order valence-electron chi connectivity index (χ4n) is 7.69. The number of hydrogen-bond donors (Lipinski definition) is 2. The van der Waals surface area contributed by atoms with Crippen LogP contribution in [0.2, 0.25) is 0 Å². The van der Waals surface area contributed by atoms with E-state index in [2.05, 4.69) is 19.1 Å². The van der Waals surface area contributed by atoms with Gasteiger partial charge in [-0.1, -0.05) is 43.3 Å². The van der Waals surface area contributed by atoms with E-state index in [0.29, 0.717) is 40.0 Å². The van der Waals surface area contributed by atoms with E-state index < -0.39 is 10.1 Å². The summed E-state index contributed by atoms with van der Waals surface area (Å²) in [5.41, 5.74) is 3.72. The van der Waals surface area contributed by atoms with Gasteiger partial charge in [-0.05, 0) is 90.3 Å². The second-order valence-corrected chi connectivity index (χ2v) is 12.3. The van der Waals surface area contributed by atoms with Crippen molar-refractivity contribution in [1.82, 2.24) is 0 Å². The fourth-order valence-corrected chi connectivity index (χ4v) is 8.60. The summed E-state index contributed by atoms with van der Waals surface area (Å²) in [4.78, 5) is -0.0732. The molecule has 3 unspecified atom stereocenters. The van der Waals surface area contributed by atoms with E-state index in [4.69, 9.17) is 4.74 Å². The van der Waals surface area contributed by atoms with Crippen LogP contribution in [-0.4, -0.2) is 31.3 Å². The Morgan fingerprint density at radius 3 is 2.57 bits per heavy atom. The van der Waals surface area contributed by atoms with Gasteiger partial charge in [-0.3, -0.25) is 4.55 Å². The first-order valence-corrected chi connectivity index (χ1v) is 14.0. The highest BCUT2D eigenvalue weighted by molar-refractivity contribution is 7.86. The van der Waals surface area contributed by atoms with Crippen LogP contribution in [0.5, 0.6) is 5.75 Å². The number of ether oxygens (including phenoxy) is 1. The number of hydrogen-bond acceptors (Lipinski definition) is 4. The van der Waals surface area contributed by atoms with Crippen LogP contribution in [0.4, 0.5) is 0 Å². The summed E-state index contributed by atoms with van der Waals surface area (Å²) >= 11 is 0. The Morgan fingerprint density at radius 2 is 1.80 bits per heavy atom. The molecule has 0 saturated heterocycles. The molecule has 5 atom stereocenters. The van der Waals surface area contributed by atoms with Gasteiger partial charge >= 0.3 is 0 Å². The number of aryl methyl sites for hydroxylation is 1. The first-order chi connectivity index (χ1) is 16.7. The monoisotopic (exact) mass is 492 g/mol. The van der Waals surface area contributed by atoms with Crippen LogP contribution in [-0.2, 0) is 16.5 Å². The minimum Gasteiger partial charge on any atom is -0.496 e. The Hall–Kier alpha value is -2.41. The van der Waals surface area contributed by atoms with Gasteiger partial charge in [0.25, 0.3) is 10.1 Å². The summed E-state index contributed by atoms with van der Waals surface area (Å²) in [6.07, 6.45) is 5.89. The lowest BCUT2D eigenvalue weighted by Crippen LogP contribution is -2.43. The molecule has 5 nitrogen and oxygen atoms in total. The predicted octanol–water partition coefficient (Wildman–Crippen LogP) is 5.98. The third-order valence-electron chi connectivity index (χ3n) is 9.42. The molecule has 0 bridgehead atoms. The molecule has 2 saturated carbocycles. The van der Waals surface area contributed by atoms with Crippen LogP contribution >= 0.6 is 0 Å². The third-order valence-corrected chi connectivity index (χ3v) is 10.4. The Labute approximate surface area is 206 Å². The standard InChI is InChI=1S/C29H32O5S/c1-29-14-13-20-21(25(29)11-12-27(29)30)9-8-18-15-24(26(34-2)16-23(18)20)22-10-7-17-5-3-4-6-19(17)28(22)35(31,32)33/h3-7,10,15-16,20-21,25,27,30H,8-9,11-14H2,1-2H3,(H,31,32,33)/t20?,21?,25?,27-,29-/m0/s1. The summed E-state index contributed by atoms with van der Waals surface area (Å²) < 4.78 is 41.2. The molecule has 0 heterocycles. The average Bonchev–Trinajstić information content (AvgIpc) is 3.16. The Balaban J connectivity index is 1.49. The highest BCUT2D eigenvalue weighted by atomic mass is 32.2. The Bertz CT molecular complexity index is 1430. The number of aliphatic hydroxyl groups is 1. The minimum atomic E-state index is -4.47. The normalized spacial score (nSPS) is 29.9. The minimum absolute atomic E-state index is 0.0260. The maximum Gasteiger partial charge on any atom is 0.295 e.